The van der Waals surface area contributed by atoms with E-state index < -0.39 is 0 Å². The summed E-state index contributed by atoms with van der Waals surface area (Å²) in [6.45, 7) is 12.2. The van der Waals surface area contributed by atoms with Gasteiger partial charge in [0.15, 0.2) is 0 Å². The Morgan fingerprint density at radius 1 is 1.24 bits per heavy atom. The molecule has 0 spiro atoms. The first-order valence-corrected chi connectivity index (χ1v) is 6.86. The molecule has 0 aromatic carbocycles. The highest BCUT2D eigenvalue weighted by Gasteiger charge is 2.25. The first-order chi connectivity index (χ1) is 8.06. The highest BCUT2D eigenvalue weighted by atomic mass is 15.2. The summed E-state index contributed by atoms with van der Waals surface area (Å²) in [5, 5.41) is 3.65. The van der Waals surface area contributed by atoms with E-state index in [-0.39, 0.29) is 5.54 Å². The van der Waals surface area contributed by atoms with Crippen LogP contribution in [0.1, 0.15) is 53.9 Å². The van der Waals surface area contributed by atoms with Gasteiger partial charge in [-0.05, 0) is 25.2 Å². The number of hydrogen-bond donors (Lipinski definition) is 1. The molecular weight excluding hydrogens is 210 g/mol. The van der Waals surface area contributed by atoms with Gasteiger partial charge in [0, 0.05) is 24.5 Å². The molecule has 17 heavy (non-hydrogen) atoms. The fourth-order valence-electron chi connectivity index (χ4n) is 2.23. The second-order valence-electron chi connectivity index (χ2n) is 5.26. The van der Waals surface area contributed by atoms with E-state index in [1.165, 1.54) is 0 Å². The van der Waals surface area contributed by atoms with Crippen molar-refractivity contribution in [2.75, 3.05) is 5.32 Å². The fourth-order valence-corrected chi connectivity index (χ4v) is 2.23. The minimum absolute atomic E-state index is 0.195. The van der Waals surface area contributed by atoms with Crippen LogP contribution in [0.25, 0.3) is 0 Å². The summed E-state index contributed by atoms with van der Waals surface area (Å²) in [6.07, 6.45) is 7.35. The topological polar surface area (TPSA) is 29.9 Å². The van der Waals surface area contributed by atoms with Gasteiger partial charge in [-0.1, -0.05) is 34.6 Å². The SMILES string of the molecule is CCC(CC)(CC)Nc1nccn1CC(C)C. The molecule has 98 valence electrons. The largest absolute Gasteiger partial charge is 0.350 e. The van der Waals surface area contributed by atoms with Gasteiger partial charge < -0.3 is 9.88 Å². The lowest BCUT2D eigenvalue weighted by atomic mass is 9.90. The smallest absolute Gasteiger partial charge is 0.203 e. The standard InChI is InChI=1S/C14H27N3/c1-6-14(7-2,8-3)16-13-15-9-10-17(13)11-12(4)5/h9-10,12H,6-8,11H2,1-5H3,(H,15,16). The molecule has 0 aliphatic rings. The van der Waals surface area contributed by atoms with Gasteiger partial charge in [0.05, 0.1) is 0 Å². The molecule has 0 atom stereocenters. The van der Waals surface area contributed by atoms with E-state index >= 15 is 0 Å². The highest BCUT2D eigenvalue weighted by molar-refractivity contribution is 5.30. The molecule has 0 saturated heterocycles. The quantitative estimate of drug-likeness (QED) is 0.779. The van der Waals surface area contributed by atoms with Crippen molar-refractivity contribution in [1.82, 2.24) is 9.55 Å². The molecule has 1 aromatic rings. The summed E-state index contributed by atoms with van der Waals surface area (Å²) in [6, 6.07) is 0. The van der Waals surface area contributed by atoms with E-state index in [1.54, 1.807) is 0 Å². The molecule has 1 N–H and O–H groups in total. The molecule has 0 unspecified atom stereocenters. The molecule has 1 aromatic heterocycles. The van der Waals surface area contributed by atoms with Crippen molar-refractivity contribution in [1.29, 1.82) is 0 Å². The van der Waals surface area contributed by atoms with Crippen LogP contribution in [0.5, 0.6) is 0 Å². The number of hydrogen-bond acceptors (Lipinski definition) is 2. The molecule has 3 heteroatoms. The number of anilines is 1. The van der Waals surface area contributed by atoms with Crippen molar-refractivity contribution in [3.8, 4) is 0 Å². The molecule has 0 fully saturated rings. The third-order valence-electron chi connectivity index (χ3n) is 3.68. The maximum atomic E-state index is 4.45. The maximum absolute atomic E-state index is 4.45. The molecule has 0 saturated carbocycles. The summed E-state index contributed by atoms with van der Waals surface area (Å²) < 4.78 is 2.22. The third kappa shape index (κ3) is 3.48. The van der Waals surface area contributed by atoms with Crippen LogP contribution in [-0.4, -0.2) is 15.1 Å². The Morgan fingerprint density at radius 3 is 2.29 bits per heavy atom. The zero-order chi connectivity index (χ0) is 12.9. The highest BCUT2D eigenvalue weighted by Crippen LogP contribution is 2.25. The van der Waals surface area contributed by atoms with Crippen molar-refractivity contribution >= 4 is 5.95 Å². The minimum Gasteiger partial charge on any atom is -0.350 e. The lowest BCUT2D eigenvalue weighted by Gasteiger charge is -2.32. The Hall–Kier alpha value is -0.990. The van der Waals surface area contributed by atoms with E-state index in [1.807, 2.05) is 6.20 Å². The van der Waals surface area contributed by atoms with E-state index in [0.717, 1.165) is 31.8 Å². The van der Waals surface area contributed by atoms with Crippen LogP contribution in [0.15, 0.2) is 12.4 Å². The monoisotopic (exact) mass is 237 g/mol. The normalized spacial score (nSPS) is 12.1. The van der Waals surface area contributed by atoms with Crippen molar-refractivity contribution in [2.45, 2.75) is 66.0 Å². The average molecular weight is 237 g/mol. The summed E-state index contributed by atoms with van der Waals surface area (Å²) in [5.74, 6) is 1.66. The Kier molecular flexibility index (Phi) is 5.03. The molecule has 3 nitrogen and oxygen atoms in total. The van der Waals surface area contributed by atoms with Crippen LogP contribution < -0.4 is 5.32 Å². The summed E-state index contributed by atoms with van der Waals surface area (Å²) >= 11 is 0. The van der Waals surface area contributed by atoms with E-state index in [4.69, 9.17) is 0 Å². The van der Waals surface area contributed by atoms with Crippen LogP contribution in [0.3, 0.4) is 0 Å². The van der Waals surface area contributed by atoms with Crippen molar-refractivity contribution in [2.24, 2.45) is 5.92 Å². The summed E-state index contributed by atoms with van der Waals surface area (Å²) in [4.78, 5) is 4.45. The van der Waals surface area contributed by atoms with Crippen LogP contribution >= 0.6 is 0 Å². The molecule has 0 aliphatic heterocycles. The van der Waals surface area contributed by atoms with Gasteiger partial charge in [-0.25, -0.2) is 4.98 Å². The predicted octanol–water partition coefficient (Wildman–Crippen LogP) is 3.92. The Labute approximate surface area is 106 Å². The second kappa shape index (κ2) is 6.08. The number of nitrogens with one attached hydrogen (secondary N) is 1. The van der Waals surface area contributed by atoms with Crippen LogP contribution in [0, 0.1) is 5.92 Å². The number of aromatic nitrogens is 2. The molecule has 0 bridgehead atoms. The Balaban J connectivity index is 2.82. The molecular formula is C14H27N3. The van der Waals surface area contributed by atoms with Gasteiger partial charge in [-0.2, -0.15) is 0 Å². The third-order valence-corrected chi connectivity index (χ3v) is 3.68. The molecule has 0 aliphatic carbocycles. The number of nitrogens with zero attached hydrogens (tertiary/aromatic N) is 2. The first kappa shape index (κ1) is 14.1. The Morgan fingerprint density at radius 2 is 1.82 bits per heavy atom. The van der Waals surface area contributed by atoms with Gasteiger partial charge >= 0.3 is 0 Å². The van der Waals surface area contributed by atoms with E-state index in [2.05, 4.69) is 55.7 Å². The van der Waals surface area contributed by atoms with Crippen molar-refractivity contribution < 1.29 is 0 Å². The summed E-state index contributed by atoms with van der Waals surface area (Å²) in [5.41, 5.74) is 0.195. The van der Waals surface area contributed by atoms with Crippen molar-refractivity contribution in [3.63, 3.8) is 0 Å². The predicted molar refractivity (Wildman–Crippen MR) is 74.3 cm³/mol. The van der Waals surface area contributed by atoms with Crippen LogP contribution in [0.4, 0.5) is 5.95 Å². The van der Waals surface area contributed by atoms with Gasteiger partial charge in [0.1, 0.15) is 0 Å². The lowest BCUT2D eigenvalue weighted by molar-refractivity contribution is 0.411. The van der Waals surface area contributed by atoms with Gasteiger partial charge in [0.25, 0.3) is 0 Å². The molecule has 0 amide bonds. The van der Waals surface area contributed by atoms with E-state index in [0.29, 0.717) is 5.92 Å². The zero-order valence-corrected chi connectivity index (χ0v) is 12.0. The average Bonchev–Trinajstić information content (AvgIpc) is 2.72. The van der Waals surface area contributed by atoms with Gasteiger partial charge in [-0.15, -0.1) is 0 Å². The van der Waals surface area contributed by atoms with Crippen molar-refractivity contribution in [3.05, 3.63) is 12.4 Å². The van der Waals surface area contributed by atoms with Crippen LogP contribution in [-0.2, 0) is 6.54 Å². The summed E-state index contributed by atoms with van der Waals surface area (Å²) in [7, 11) is 0. The fraction of sp³-hybridized carbons (Fsp3) is 0.786. The maximum Gasteiger partial charge on any atom is 0.203 e. The first-order valence-electron chi connectivity index (χ1n) is 6.86. The second-order valence-corrected chi connectivity index (χ2v) is 5.26. The van der Waals surface area contributed by atoms with Gasteiger partial charge in [0.2, 0.25) is 5.95 Å². The number of rotatable bonds is 7. The molecule has 1 heterocycles. The molecule has 0 radical (unpaired) electrons. The van der Waals surface area contributed by atoms with E-state index in [9.17, 15) is 0 Å². The zero-order valence-electron chi connectivity index (χ0n) is 12.0. The number of imidazole rings is 1. The van der Waals surface area contributed by atoms with Crippen LogP contribution in [0.2, 0.25) is 0 Å². The molecule has 1 rings (SSSR count). The lowest BCUT2D eigenvalue weighted by Crippen LogP contribution is -2.37. The van der Waals surface area contributed by atoms with Gasteiger partial charge in [-0.3, -0.25) is 0 Å². The minimum atomic E-state index is 0.195. The Bertz CT molecular complexity index is 316.